The van der Waals surface area contributed by atoms with Gasteiger partial charge in [0, 0.05) is 5.56 Å². The first-order chi connectivity index (χ1) is 13.5. The average Bonchev–Trinajstić information content (AvgIpc) is 3.15. The van der Waals surface area contributed by atoms with Crippen LogP contribution in [0.1, 0.15) is 26.7 Å². The summed E-state index contributed by atoms with van der Waals surface area (Å²) in [6.07, 6.45) is 3.81. The van der Waals surface area contributed by atoms with Crippen LogP contribution in [0.3, 0.4) is 0 Å². The van der Waals surface area contributed by atoms with Crippen LogP contribution in [0.4, 0.5) is 10.8 Å². The minimum atomic E-state index is -0.553. The number of hydrazone groups is 1. The van der Waals surface area contributed by atoms with Crippen LogP contribution in [-0.2, 0) is 0 Å². The topological polar surface area (TPSA) is 102 Å². The molecule has 0 bridgehead atoms. The molecule has 0 fully saturated rings. The van der Waals surface area contributed by atoms with Crippen molar-refractivity contribution < 1.29 is 13.9 Å². The molecule has 146 valence electrons. The zero-order valence-corrected chi connectivity index (χ0v) is 16.2. The number of methoxy groups -OCH3 is 1. The van der Waals surface area contributed by atoms with E-state index in [4.69, 9.17) is 9.15 Å². The number of rotatable bonds is 5. The van der Waals surface area contributed by atoms with Crippen molar-refractivity contribution >= 4 is 17.8 Å². The highest BCUT2D eigenvalue weighted by atomic mass is 16.5. The van der Waals surface area contributed by atoms with Crippen molar-refractivity contribution in [1.29, 1.82) is 0 Å². The van der Waals surface area contributed by atoms with Crippen LogP contribution < -0.4 is 15.5 Å². The van der Waals surface area contributed by atoms with Gasteiger partial charge in [0.05, 0.1) is 12.8 Å². The Labute approximate surface area is 163 Å². The van der Waals surface area contributed by atoms with Crippen LogP contribution >= 0.6 is 0 Å². The van der Waals surface area contributed by atoms with Crippen LogP contribution in [0.5, 0.6) is 5.75 Å². The average molecular weight is 381 g/mol. The van der Waals surface area contributed by atoms with E-state index in [2.05, 4.69) is 38.7 Å². The van der Waals surface area contributed by atoms with Crippen molar-refractivity contribution in [2.24, 2.45) is 11.0 Å². The van der Waals surface area contributed by atoms with E-state index in [1.54, 1.807) is 31.4 Å². The molecule has 8 nitrogen and oxygen atoms in total. The summed E-state index contributed by atoms with van der Waals surface area (Å²) >= 11 is 0. The Hall–Kier alpha value is -3.42. The molecule has 0 spiro atoms. The van der Waals surface area contributed by atoms with Gasteiger partial charge in [0.2, 0.25) is 5.89 Å². The molecule has 0 radical (unpaired) electrons. The number of allylic oxidation sites excluding steroid dienone is 3. The van der Waals surface area contributed by atoms with Gasteiger partial charge in [-0.15, -0.1) is 5.10 Å². The molecular formula is C20H23N5O3. The molecule has 2 N–H and O–H groups in total. The maximum absolute atomic E-state index is 12.1. The number of anilines is 1. The van der Waals surface area contributed by atoms with E-state index in [1.807, 2.05) is 13.8 Å². The van der Waals surface area contributed by atoms with Crippen LogP contribution in [-0.4, -0.2) is 29.0 Å². The van der Waals surface area contributed by atoms with Gasteiger partial charge in [-0.2, -0.15) is 5.10 Å². The Bertz CT molecular complexity index is 928. The van der Waals surface area contributed by atoms with Gasteiger partial charge >= 0.3 is 12.0 Å². The van der Waals surface area contributed by atoms with Gasteiger partial charge in [-0.1, -0.05) is 23.3 Å². The minimum Gasteiger partial charge on any atom is -0.497 e. The molecule has 28 heavy (non-hydrogen) atoms. The molecule has 1 aromatic carbocycles. The summed E-state index contributed by atoms with van der Waals surface area (Å²) in [5.74, 6) is 1.36. The minimum absolute atomic E-state index is 0.0146. The van der Waals surface area contributed by atoms with E-state index >= 15 is 0 Å². The lowest BCUT2D eigenvalue weighted by Gasteiger charge is -2.22. The van der Waals surface area contributed by atoms with Gasteiger partial charge in [-0.05, 0) is 62.4 Å². The Kier molecular flexibility index (Phi) is 5.88. The van der Waals surface area contributed by atoms with Gasteiger partial charge < -0.3 is 9.15 Å². The Morgan fingerprint density at radius 2 is 2.07 bits per heavy atom. The van der Waals surface area contributed by atoms with E-state index in [0.717, 1.165) is 41.0 Å². The molecule has 3 rings (SSSR count). The number of nitrogens with one attached hydrogen (secondary N) is 2. The quantitative estimate of drug-likeness (QED) is 0.598. The zero-order chi connectivity index (χ0) is 20.1. The van der Waals surface area contributed by atoms with Crippen molar-refractivity contribution in [1.82, 2.24) is 15.6 Å². The van der Waals surface area contributed by atoms with Gasteiger partial charge in [0.25, 0.3) is 0 Å². The number of hydrogen-bond donors (Lipinski definition) is 2. The molecule has 2 aromatic rings. The van der Waals surface area contributed by atoms with Crippen molar-refractivity contribution in [3.8, 4) is 17.2 Å². The molecule has 2 amide bonds. The molecular weight excluding hydrogens is 358 g/mol. The summed E-state index contributed by atoms with van der Waals surface area (Å²) in [6, 6.07) is 6.58. The normalized spacial score (nSPS) is 17.8. The lowest BCUT2D eigenvalue weighted by molar-refractivity contribution is 0.252. The first-order valence-electron chi connectivity index (χ1n) is 8.90. The number of amides is 2. The second-order valence-corrected chi connectivity index (χ2v) is 6.64. The number of benzene rings is 1. The molecule has 1 heterocycles. The molecule has 8 heteroatoms. The maximum Gasteiger partial charge on any atom is 0.343 e. The summed E-state index contributed by atoms with van der Waals surface area (Å²) < 4.78 is 10.6. The van der Waals surface area contributed by atoms with E-state index < -0.39 is 6.03 Å². The molecule has 0 saturated heterocycles. The number of carbonyl (C=O) groups is 1. The van der Waals surface area contributed by atoms with Crippen molar-refractivity contribution in [3.05, 3.63) is 48.1 Å². The number of nitrogens with zero attached hydrogens (tertiary/aromatic N) is 3. The van der Waals surface area contributed by atoms with Crippen LogP contribution in [0.2, 0.25) is 0 Å². The Balaban J connectivity index is 1.61. The summed E-state index contributed by atoms with van der Waals surface area (Å²) in [5.41, 5.74) is 6.19. The lowest BCUT2D eigenvalue weighted by Crippen LogP contribution is -2.27. The van der Waals surface area contributed by atoms with E-state index in [9.17, 15) is 4.79 Å². The van der Waals surface area contributed by atoms with E-state index in [-0.39, 0.29) is 6.01 Å². The molecule has 1 aliphatic rings. The van der Waals surface area contributed by atoms with Gasteiger partial charge in [0.1, 0.15) is 5.75 Å². The van der Waals surface area contributed by atoms with Gasteiger partial charge in [0.15, 0.2) is 0 Å². The molecule has 1 unspecified atom stereocenters. The van der Waals surface area contributed by atoms with Crippen LogP contribution in [0.25, 0.3) is 11.5 Å². The fourth-order valence-corrected chi connectivity index (χ4v) is 2.79. The summed E-state index contributed by atoms with van der Waals surface area (Å²) in [7, 11) is 1.59. The predicted molar refractivity (Wildman–Crippen MR) is 107 cm³/mol. The number of carbonyl (C=O) groups excluding carboxylic acids is 1. The third-order valence-corrected chi connectivity index (χ3v) is 4.58. The smallest absolute Gasteiger partial charge is 0.343 e. The maximum atomic E-state index is 12.1. The van der Waals surface area contributed by atoms with Crippen LogP contribution in [0, 0.1) is 5.92 Å². The number of ether oxygens (including phenoxy) is 1. The largest absolute Gasteiger partial charge is 0.497 e. The molecule has 1 aliphatic carbocycles. The lowest BCUT2D eigenvalue weighted by atomic mass is 9.85. The fourth-order valence-electron chi connectivity index (χ4n) is 2.79. The molecule has 1 aromatic heterocycles. The highest BCUT2D eigenvalue weighted by Gasteiger charge is 2.19. The first-order valence-corrected chi connectivity index (χ1v) is 8.90. The molecule has 1 atom stereocenters. The third-order valence-electron chi connectivity index (χ3n) is 4.58. The SMILES string of the molecule is C=C(C)C1CC=C(C)/C(=N/NC(=O)Nc2nnc(-c3ccc(OC)cc3)o2)C1. The zero-order valence-electron chi connectivity index (χ0n) is 16.2. The predicted octanol–water partition coefficient (Wildman–Crippen LogP) is 4.16. The summed E-state index contributed by atoms with van der Waals surface area (Å²) in [5, 5.41) is 14.5. The summed E-state index contributed by atoms with van der Waals surface area (Å²) in [6.45, 7) is 7.99. The van der Waals surface area contributed by atoms with Gasteiger partial charge in [-0.3, -0.25) is 5.32 Å². The molecule has 0 saturated carbocycles. The van der Waals surface area contributed by atoms with Crippen LogP contribution in [0.15, 0.2) is 57.6 Å². The Morgan fingerprint density at radius 1 is 1.32 bits per heavy atom. The highest BCUT2D eigenvalue weighted by molar-refractivity contribution is 6.01. The third kappa shape index (κ3) is 4.64. The monoisotopic (exact) mass is 381 g/mol. The number of urea groups is 1. The van der Waals surface area contributed by atoms with E-state index in [1.165, 1.54) is 0 Å². The highest BCUT2D eigenvalue weighted by Crippen LogP contribution is 2.26. The van der Waals surface area contributed by atoms with E-state index in [0.29, 0.717) is 11.8 Å². The fraction of sp³-hybridized carbons (Fsp3) is 0.300. The van der Waals surface area contributed by atoms with Crippen molar-refractivity contribution in [2.45, 2.75) is 26.7 Å². The summed E-state index contributed by atoms with van der Waals surface area (Å²) in [4.78, 5) is 12.1. The first kappa shape index (κ1) is 19.3. The second kappa shape index (κ2) is 8.51. The van der Waals surface area contributed by atoms with Crippen molar-refractivity contribution in [2.75, 3.05) is 12.4 Å². The van der Waals surface area contributed by atoms with Gasteiger partial charge in [-0.25, -0.2) is 10.2 Å². The standard InChI is InChI=1S/C20H23N5O3/c1-12(2)15-6-5-13(3)17(11-15)22-24-19(26)21-20-25-23-18(28-20)14-7-9-16(27-4)10-8-14/h5,7-10,15H,1,6,11H2,2-4H3,(H2,21,24,25,26)/b22-17+. The second-order valence-electron chi connectivity index (χ2n) is 6.64. The van der Waals surface area contributed by atoms with Crippen molar-refractivity contribution in [3.63, 3.8) is 0 Å². The Morgan fingerprint density at radius 3 is 2.75 bits per heavy atom. The number of hydrogen-bond acceptors (Lipinski definition) is 6. The number of aromatic nitrogens is 2. The molecule has 0 aliphatic heterocycles.